The summed E-state index contributed by atoms with van der Waals surface area (Å²) in [6.07, 6.45) is 1.37. The van der Waals surface area contributed by atoms with Crippen LogP contribution >= 0.6 is 12.4 Å². The lowest BCUT2D eigenvalue weighted by Crippen LogP contribution is -2.08. The second kappa shape index (κ2) is 6.17. The van der Waals surface area contributed by atoms with Gasteiger partial charge in [-0.1, -0.05) is 0 Å². The van der Waals surface area contributed by atoms with E-state index >= 15 is 0 Å². The van der Waals surface area contributed by atoms with Gasteiger partial charge in [-0.15, -0.1) is 12.4 Å². The zero-order chi connectivity index (χ0) is 9.68. The van der Waals surface area contributed by atoms with E-state index in [1.807, 2.05) is 0 Å². The van der Waals surface area contributed by atoms with Crippen molar-refractivity contribution < 1.29 is 19.7 Å². The molecule has 1 heterocycles. The lowest BCUT2D eigenvalue weighted by Gasteiger charge is -2.05. The molecule has 1 aromatic rings. The standard InChI is InChI=1S/C8H9NO4.ClH/c10-4-5-13-6-2-1-3-9-7(6)8(11)12;/h1-3,10H,4-5H2,(H,11,12);1H. The van der Waals surface area contributed by atoms with Crippen molar-refractivity contribution in [1.82, 2.24) is 4.98 Å². The lowest BCUT2D eigenvalue weighted by atomic mass is 10.3. The van der Waals surface area contributed by atoms with Gasteiger partial charge in [-0.05, 0) is 12.1 Å². The molecule has 1 rings (SSSR count). The molecule has 5 nitrogen and oxygen atoms in total. The molecular weight excluding hydrogens is 210 g/mol. The van der Waals surface area contributed by atoms with Gasteiger partial charge in [0, 0.05) is 6.20 Å². The van der Waals surface area contributed by atoms with Crippen molar-refractivity contribution in [3.05, 3.63) is 24.0 Å². The van der Waals surface area contributed by atoms with E-state index in [0.29, 0.717) is 0 Å². The van der Waals surface area contributed by atoms with Crippen molar-refractivity contribution in [2.45, 2.75) is 0 Å². The Balaban J connectivity index is 0.00000169. The second-order valence-electron chi connectivity index (χ2n) is 2.23. The normalized spacial score (nSPS) is 8.93. The highest BCUT2D eigenvalue weighted by molar-refractivity contribution is 5.88. The van der Waals surface area contributed by atoms with Crippen molar-refractivity contribution in [3.63, 3.8) is 0 Å². The van der Waals surface area contributed by atoms with Crippen LogP contribution in [0.4, 0.5) is 0 Å². The van der Waals surface area contributed by atoms with E-state index in [-0.39, 0.29) is 37.1 Å². The first-order chi connectivity index (χ1) is 6.25. The van der Waals surface area contributed by atoms with E-state index in [9.17, 15) is 4.79 Å². The fourth-order valence-electron chi connectivity index (χ4n) is 0.823. The van der Waals surface area contributed by atoms with Gasteiger partial charge in [0.25, 0.3) is 0 Å². The summed E-state index contributed by atoms with van der Waals surface area (Å²) in [5, 5.41) is 17.1. The topological polar surface area (TPSA) is 79.7 Å². The maximum absolute atomic E-state index is 10.6. The molecule has 0 aliphatic carbocycles. The van der Waals surface area contributed by atoms with Crippen LogP contribution in [0, 0.1) is 0 Å². The maximum Gasteiger partial charge on any atom is 0.358 e. The van der Waals surface area contributed by atoms with Gasteiger partial charge in [-0.25, -0.2) is 9.78 Å². The van der Waals surface area contributed by atoms with Crippen molar-refractivity contribution in [1.29, 1.82) is 0 Å². The van der Waals surface area contributed by atoms with E-state index in [1.54, 1.807) is 6.07 Å². The Morgan fingerprint density at radius 3 is 2.86 bits per heavy atom. The molecule has 0 saturated heterocycles. The molecule has 1 aromatic heterocycles. The Bertz CT molecular complexity index is 305. The molecule has 0 saturated carbocycles. The Morgan fingerprint density at radius 2 is 2.29 bits per heavy atom. The summed E-state index contributed by atoms with van der Waals surface area (Å²) in [5.41, 5.74) is -0.143. The number of aromatic nitrogens is 1. The molecule has 0 radical (unpaired) electrons. The summed E-state index contributed by atoms with van der Waals surface area (Å²) in [4.78, 5) is 14.2. The highest BCUT2D eigenvalue weighted by Gasteiger charge is 2.11. The number of halogens is 1. The number of hydrogen-bond acceptors (Lipinski definition) is 4. The number of ether oxygens (including phenoxy) is 1. The average molecular weight is 220 g/mol. The Kier molecular flexibility index (Phi) is 5.59. The van der Waals surface area contributed by atoms with Gasteiger partial charge in [-0.2, -0.15) is 0 Å². The first-order valence-electron chi connectivity index (χ1n) is 3.67. The fourth-order valence-corrected chi connectivity index (χ4v) is 0.823. The number of hydrogen-bond donors (Lipinski definition) is 2. The quantitative estimate of drug-likeness (QED) is 0.774. The third kappa shape index (κ3) is 3.20. The van der Waals surface area contributed by atoms with Gasteiger partial charge >= 0.3 is 5.97 Å². The molecule has 2 N–H and O–H groups in total. The molecule has 0 aromatic carbocycles. The molecular formula is C8H10ClNO4. The lowest BCUT2D eigenvalue weighted by molar-refractivity contribution is 0.0683. The minimum atomic E-state index is -1.14. The molecule has 0 amide bonds. The number of nitrogens with zero attached hydrogens (tertiary/aromatic N) is 1. The van der Waals surface area contributed by atoms with Crippen LogP contribution < -0.4 is 4.74 Å². The van der Waals surface area contributed by atoms with Crippen LogP contribution in [0.3, 0.4) is 0 Å². The van der Waals surface area contributed by atoms with Crippen LogP contribution in [0.1, 0.15) is 10.5 Å². The van der Waals surface area contributed by atoms with Gasteiger partial charge in [-0.3, -0.25) is 0 Å². The van der Waals surface area contributed by atoms with Gasteiger partial charge in [0.05, 0.1) is 6.61 Å². The molecule has 6 heteroatoms. The van der Waals surface area contributed by atoms with Crippen LogP contribution in [-0.2, 0) is 0 Å². The number of carboxylic acid groups (broad SMARTS) is 1. The molecule has 78 valence electrons. The van der Waals surface area contributed by atoms with E-state index in [0.717, 1.165) is 0 Å². The highest BCUT2D eigenvalue weighted by atomic mass is 35.5. The van der Waals surface area contributed by atoms with E-state index in [4.69, 9.17) is 14.9 Å². The Labute approximate surface area is 86.8 Å². The number of carbonyl (C=O) groups is 1. The summed E-state index contributed by atoms with van der Waals surface area (Å²) < 4.78 is 4.95. The van der Waals surface area contributed by atoms with E-state index in [1.165, 1.54) is 12.3 Å². The maximum atomic E-state index is 10.6. The largest absolute Gasteiger partial charge is 0.489 e. The molecule has 0 fully saturated rings. The van der Waals surface area contributed by atoms with Crippen LogP contribution in [0.5, 0.6) is 5.75 Å². The summed E-state index contributed by atoms with van der Waals surface area (Å²) in [6.45, 7) is -0.0973. The van der Waals surface area contributed by atoms with E-state index in [2.05, 4.69) is 4.98 Å². The van der Waals surface area contributed by atoms with Gasteiger partial charge in [0.15, 0.2) is 11.4 Å². The van der Waals surface area contributed by atoms with Gasteiger partial charge in [0.1, 0.15) is 6.61 Å². The van der Waals surface area contributed by atoms with Gasteiger partial charge in [0.2, 0.25) is 0 Å². The Morgan fingerprint density at radius 1 is 1.57 bits per heavy atom. The molecule has 0 spiro atoms. The first kappa shape index (κ1) is 12.7. The van der Waals surface area contributed by atoms with Crippen molar-refractivity contribution in [3.8, 4) is 5.75 Å². The van der Waals surface area contributed by atoms with Crippen molar-refractivity contribution in [2.24, 2.45) is 0 Å². The van der Waals surface area contributed by atoms with Crippen LogP contribution in [0.2, 0.25) is 0 Å². The smallest absolute Gasteiger partial charge is 0.358 e. The summed E-state index contributed by atoms with van der Waals surface area (Å²) in [5.74, 6) is -0.974. The van der Waals surface area contributed by atoms with Gasteiger partial charge < -0.3 is 14.9 Å². The van der Waals surface area contributed by atoms with Crippen molar-refractivity contribution >= 4 is 18.4 Å². The number of aliphatic hydroxyl groups is 1. The van der Waals surface area contributed by atoms with Crippen LogP contribution in [0.15, 0.2) is 18.3 Å². The minimum Gasteiger partial charge on any atom is -0.489 e. The van der Waals surface area contributed by atoms with Crippen molar-refractivity contribution in [2.75, 3.05) is 13.2 Å². The second-order valence-corrected chi connectivity index (χ2v) is 2.23. The molecule has 14 heavy (non-hydrogen) atoms. The molecule has 0 bridgehead atoms. The zero-order valence-corrected chi connectivity index (χ0v) is 8.03. The molecule has 0 atom stereocenters. The molecule has 0 aliphatic rings. The fraction of sp³-hybridized carbons (Fsp3) is 0.250. The summed E-state index contributed by atoms with van der Waals surface area (Å²) in [6, 6.07) is 3.06. The number of pyridine rings is 1. The van der Waals surface area contributed by atoms with Crippen LogP contribution in [0.25, 0.3) is 0 Å². The third-order valence-electron chi connectivity index (χ3n) is 1.32. The number of aromatic carboxylic acids is 1. The van der Waals surface area contributed by atoms with Crippen LogP contribution in [-0.4, -0.2) is 34.4 Å². The Hall–Kier alpha value is -1.33. The zero-order valence-electron chi connectivity index (χ0n) is 7.21. The first-order valence-corrected chi connectivity index (χ1v) is 3.67. The number of aliphatic hydroxyl groups excluding tert-OH is 1. The number of rotatable bonds is 4. The van der Waals surface area contributed by atoms with E-state index < -0.39 is 5.97 Å². The average Bonchev–Trinajstić information content (AvgIpc) is 2.15. The molecule has 0 unspecified atom stereocenters. The summed E-state index contributed by atoms with van der Waals surface area (Å²) in [7, 11) is 0. The summed E-state index contributed by atoms with van der Waals surface area (Å²) >= 11 is 0. The minimum absolute atomic E-state index is 0. The third-order valence-corrected chi connectivity index (χ3v) is 1.32. The SMILES string of the molecule is Cl.O=C(O)c1ncccc1OCCO. The highest BCUT2D eigenvalue weighted by Crippen LogP contribution is 2.14. The molecule has 0 aliphatic heterocycles. The predicted molar refractivity (Wildman–Crippen MR) is 51.0 cm³/mol. The predicted octanol–water partition coefficient (Wildman–Crippen LogP) is 0.573. The monoisotopic (exact) mass is 219 g/mol. The number of carboxylic acids is 1.